The number of rotatable bonds is 3. The van der Waals surface area contributed by atoms with Gasteiger partial charge in [-0.15, -0.1) is 0 Å². The highest BCUT2D eigenvalue weighted by Crippen LogP contribution is 2.26. The fourth-order valence-electron chi connectivity index (χ4n) is 1.65. The van der Waals surface area contributed by atoms with E-state index in [1.54, 1.807) is 13.3 Å². The molecular weight excluding hydrogens is 228 g/mol. The monoisotopic (exact) mass is 244 g/mol. The topological polar surface area (TPSA) is 59.9 Å². The van der Waals surface area contributed by atoms with Gasteiger partial charge < -0.3 is 10.1 Å². The third kappa shape index (κ3) is 2.25. The lowest BCUT2D eigenvalue weighted by Gasteiger charge is -2.11. The molecule has 0 aliphatic heterocycles. The second-order valence-electron chi connectivity index (χ2n) is 3.93. The van der Waals surface area contributed by atoms with Crippen molar-refractivity contribution in [3.8, 4) is 17.1 Å². The lowest BCUT2D eigenvalue weighted by molar-refractivity contribution is 0.398. The molecule has 0 aliphatic rings. The predicted octanol–water partition coefficient (Wildman–Crippen LogP) is 2.21. The molecule has 94 valence electrons. The number of hydrogen-bond acceptors (Lipinski definition) is 5. The number of nitrogens with zero attached hydrogens (tertiary/aromatic N) is 3. The third-order valence-corrected chi connectivity index (χ3v) is 2.76. The van der Waals surface area contributed by atoms with Gasteiger partial charge in [-0.2, -0.15) is 0 Å². The van der Waals surface area contributed by atoms with Crippen LogP contribution in [0, 0.1) is 13.8 Å². The minimum Gasteiger partial charge on any atom is -0.481 e. The van der Waals surface area contributed by atoms with Gasteiger partial charge in [0.2, 0.25) is 5.88 Å². The lowest BCUT2D eigenvalue weighted by atomic mass is 10.1. The van der Waals surface area contributed by atoms with Crippen molar-refractivity contribution in [2.45, 2.75) is 13.8 Å². The van der Waals surface area contributed by atoms with E-state index in [9.17, 15) is 0 Å². The number of ether oxygens (including phenoxy) is 1. The molecule has 0 unspecified atom stereocenters. The zero-order chi connectivity index (χ0) is 13.1. The summed E-state index contributed by atoms with van der Waals surface area (Å²) in [4.78, 5) is 13.2. The van der Waals surface area contributed by atoms with Gasteiger partial charge >= 0.3 is 0 Å². The van der Waals surface area contributed by atoms with Crippen LogP contribution in [0.1, 0.15) is 11.4 Å². The van der Waals surface area contributed by atoms with Crippen LogP contribution >= 0.6 is 0 Å². The second kappa shape index (κ2) is 5.00. The van der Waals surface area contributed by atoms with Crippen LogP contribution in [0.4, 0.5) is 5.82 Å². The first-order chi connectivity index (χ1) is 8.65. The van der Waals surface area contributed by atoms with E-state index in [-0.39, 0.29) is 0 Å². The molecule has 0 fully saturated rings. The lowest BCUT2D eigenvalue weighted by Crippen LogP contribution is -2.03. The molecule has 2 rings (SSSR count). The number of hydrogen-bond donors (Lipinski definition) is 1. The van der Waals surface area contributed by atoms with Gasteiger partial charge in [-0.25, -0.2) is 15.0 Å². The summed E-state index contributed by atoms with van der Waals surface area (Å²) in [6.45, 7) is 3.89. The molecule has 2 heterocycles. The van der Waals surface area contributed by atoms with Crippen LogP contribution in [0.15, 0.2) is 18.3 Å². The average Bonchev–Trinajstić information content (AvgIpc) is 2.41. The molecule has 1 N–H and O–H groups in total. The van der Waals surface area contributed by atoms with Gasteiger partial charge in [-0.1, -0.05) is 0 Å². The highest BCUT2D eigenvalue weighted by Gasteiger charge is 2.11. The van der Waals surface area contributed by atoms with Gasteiger partial charge in [0.05, 0.1) is 18.5 Å². The molecule has 0 aliphatic carbocycles. The first kappa shape index (κ1) is 12.3. The molecule has 18 heavy (non-hydrogen) atoms. The number of pyridine rings is 1. The van der Waals surface area contributed by atoms with Gasteiger partial charge in [0.15, 0.2) is 5.82 Å². The molecule has 0 amide bonds. The van der Waals surface area contributed by atoms with Crippen LogP contribution < -0.4 is 10.1 Å². The number of methoxy groups -OCH3 is 1. The van der Waals surface area contributed by atoms with E-state index in [1.807, 2.05) is 33.0 Å². The van der Waals surface area contributed by atoms with Crippen molar-refractivity contribution in [1.82, 2.24) is 15.0 Å². The summed E-state index contributed by atoms with van der Waals surface area (Å²) < 4.78 is 5.12. The Hall–Kier alpha value is -2.17. The van der Waals surface area contributed by atoms with Gasteiger partial charge in [0.25, 0.3) is 0 Å². The largest absolute Gasteiger partial charge is 0.481 e. The van der Waals surface area contributed by atoms with Crippen molar-refractivity contribution in [3.05, 3.63) is 29.7 Å². The van der Waals surface area contributed by atoms with E-state index in [2.05, 4.69) is 20.3 Å². The maximum Gasteiger partial charge on any atom is 0.213 e. The SMILES string of the molecule is CNc1nc(C)c(C)nc1-c1ccnc(OC)c1. The van der Waals surface area contributed by atoms with Crippen molar-refractivity contribution in [2.24, 2.45) is 0 Å². The predicted molar refractivity (Wildman–Crippen MR) is 70.8 cm³/mol. The minimum absolute atomic E-state index is 0.564. The number of aryl methyl sites for hydroxylation is 2. The quantitative estimate of drug-likeness (QED) is 0.897. The van der Waals surface area contributed by atoms with Crippen LogP contribution in [0.2, 0.25) is 0 Å². The van der Waals surface area contributed by atoms with Gasteiger partial charge in [-0.3, -0.25) is 0 Å². The molecule has 0 saturated heterocycles. The Labute approximate surface area is 106 Å². The summed E-state index contributed by atoms with van der Waals surface area (Å²) in [5.41, 5.74) is 3.58. The Balaban J connectivity index is 2.58. The normalized spacial score (nSPS) is 10.2. The minimum atomic E-state index is 0.564. The molecule has 5 nitrogen and oxygen atoms in total. The Morgan fingerprint density at radius 3 is 2.56 bits per heavy atom. The van der Waals surface area contributed by atoms with Crippen molar-refractivity contribution in [3.63, 3.8) is 0 Å². The van der Waals surface area contributed by atoms with Crippen LogP contribution in [-0.4, -0.2) is 29.1 Å². The molecular formula is C13H16N4O. The van der Waals surface area contributed by atoms with Gasteiger partial charge in [0, 0.05) is 24.9 Å². The average molecular weight is 244 g/mol. The standard InChI is InChI=1S/C13H16N4O/c1-8-9(2)17-13(14-3)12(16-8)10-5-6-15-11(7-10)18-4/h5-7H,1-4H3,(H,14,17). The van der Waals surface area contributed by atoms with E-state index in [0.717, 1.165) is 28.5 Å². The number of anilines is 1. The van der Waals surface area contributed by atoms with Gasteiger partial charge in [-0.05, 0) is 19.9 Å². The van der Waals surface area contributed by atoms with E-state index in [1.165, 1.54) is 0 Å². The van der Waals surface area contributed by atoms with E-state index < -0.39 is 0 Å². The highest BCUT2D eigenvalue weighted by atomic mass is 16.5. The Bertz CT molecular complexity index is 569. The molecule has 0 atom stereocenters. The summed E-state index contributed by atoms with van der Waals surface area (Å²) in [7, 11) is 3.43. The van der Waals surface area contributed by atoms with Crippen LogP contribution in [0.25, 0.3) is 11.3 Å². The maximum atomic E-state index is 5.12. The van der Waals surface area contributed by atoms with Crippen LogP contribution in [0.5, 0.6) is 5.88 Å². The van der Waals surface area contributed by atoms with Crippen LogP contribution in [-0.2, 0) is 0 Å². The molecule has 2 aromatic heterocycles. The zero-order valence-corrected chi connectivity index (χ0v) is 11.0. The number of aromatic nitrogens is 3. The summed E-state index contributed by atoms with van der Waals surface area (Å²) in [6.07, 6.45) is 1.70. The van der Waals surface area contributed by atoms with Crippen molar-refractivity contribution in [1.29, 1.82) is 0 Å². The Morgan fingerprint density at radius 2 is 1.89 bits per heavy atom. The van der Waals surface area contributed by atoms with Gasteiger partial charge in [0.1, 0.15) is 5.69 Å². The first-order valence-corrected chi connectivity index (χ1v) is 5.69. The van der Waals surface area contributed by atoms with E-state index in [0.29, 0.717) is 5.88 Å². The summed E-state index contributed by atoms with van der Waals surface area (Å²) in [5.74, 6) is 1.32. The molecule has 0 bridgehead atoms. The number of nitrogens with one attached hydrogen (secondary N) is 1. The van der Waals surface area contributed by atoms with E-state index >= 15 is 0 Å². The third-order valence-electron chi connectivity index (χ3n) is 2.76. The van der Waals surface area contributed by atoms with E-state index in [4.69, 9.17) is 4.74 Å². The van der Waals surface area contributed by atoms with Crippen molar-refractivity contribution >= 4 is 5.82 Å². The Morgan fingerprint density at radius 1 is 1.17 bits per heavy atom. The highest BCUT2D eigenvalue weighted by molar-refractivity contribution is 5.72. The first-order valence-electron chi connectivity index (χ1n) is 5.69. The summed E-state index contributed by atoms with van der Waals surface area (Å²) >= 11 is 0. The molecule has 0 aromatic carbocycles. The fraction of sp³-hybridized carbons (Fsp3) is 0.308. The maximum absolute atomic E-state index is 5.12. The fourth-order valence-corrected chi connectivity index (χ4v) is 1.65. The molecule has 0 spiro atoms. The van der Waals surface area contributed by atoms with Crippen molar-refractivity contribution in [2.75, 3.05) is 19.5 Å². The summed E-state index contributed by atoms with van der Waals surface area (Å²) in [6, 6.07) is 3.74. The Kier molecular flexibility index (Phi) is 3.41. The van der Waals surface area contributed by atoms with Crippen molar-refractivity contribution < 1.29 is 4.74 Å². The summed E-state index contributed by atoms with van der Waals surface area (Å²) in [5, 5.41) is 3.06. The molecule has 5 heteroatoms. The molecule has 0 saturated carbocycles. The molecule has 2 aromatic rings. The zero-order valence-electron chi connectivity index (χ0n) is 11.0. The second-order valence-corrected chi connectivity index (χ2v) is 3.93. The molecule has 0 radical (unpaired) electrons. The van der Waals surface area contributed by atoms with Crippen LogP contribution in [0.3, 0.4) is 0 Å². The smallest absolute Gasteiger partial charge is 0.213 e.